The van der Waals surface area contributed by atoms with Crippen LogP contribution < -0.4 is 11.1 Å². The predicted octanol–water partition coefficient (Wildman–Crippen LogP) is 3.29. The van der Waals surface area contributed by atoms with Gasteiger partial charge in [-0.25, -0.2) is 0 Å². The summed E-state index contributed by atoms with van der Waals surface area (Å²) in [6.45, 7) is 4.78. The summed E-state index contributed by atoms with van der Waals surface area (Å²) in [5.74, 6) is 0.598. The Morgan fingerprint density at radius 3 is 2.80 bits per heavy atom. The van der Waals surface area contributed by atoms with Gasteiger partial charge >= 0.3 is 0 Å². The fourth-order valence-corrected chi connectivity index (χ4v) is 3.08. The third-order valence-electron chi connectivity index (χ3n) is 4.29. The maximum Gasteiger partial charge on any atom is 0.227 e. The Morgan fingerprint density at radius 1 is 1.40 bits per heavy atom. The van der Waals surface area contributed by atoms with Gasteiger partial charge in [0.15, 0.2) is 0 Å². The topological polar surface area (TPSA) is 55.1 Å². The number of anilines is 1. The molecular weight excluding hydrogens is 272 g/mol. The number of rotatable bonds is 4. The highest BCUT2D eigenvalue weighted by atomic mass is 35.5. The number of carbonyl (C=O) groups is 1. The van der Waals surface area contributed by atoms with Gasteiger partial charge in [-0.1, -0.05) is 31.5 Å². The summed E-state index contributed by atoms with van der Waals surface area (Å²) in [4.78, 5) is 12.4. The van der Waals surface area contributed by atoms with E-state index in [9.17, 15) is 4.79 Å². The van der Waals surface area contributed by atoms with Crippen molar-refractivity contribution in [3.05, 3.63) is 29.3 Å². The van der Waals surface area contributed by atoms with E-state index in [1.807, 2.05) is 19.1 Å². The van der Waals surface area contributed by atoms with Gasteiger partial charge < -0.3 is 11.1 Å². The Bertz CT molecular complexity index is 462. The zero-order valence-electron chi connectivity index (χ0n) is 12.3. The zero-order chi connectivity index (χ0) is 13.8. The molecule has 2 atom stereocenters. The Hall–Kier alpha value is -1.06. The van der Waals surface area contributed by atoms with Crippen LogP contribution in [0.1, 0.15) is 37.3 Å². The van der Waals surface area contributed by atoms with Gasteiger partial charge in [0.05, 0.1) is 0 Å². The Labute approximate surface area is 127 Å². The molecule has 0 unspecified atom stereocenters. The molecule has 1 aliphatic rings. The van der Waals surface area contributed by atoms with Crippen molar-refractivity contribution in [3.8, 4) is 0 Å². The molecule has 0 aromatic heterocycles. The molecule has 1 saturated carbocycles. The van der Waals surface area contributed by atoms with E-state index >= 15 is 0 Å². The Balaban J connectivity index is 0.00000200. The molecule has 0 aliphatic heterocycles. The predicted molar refractivity (Wildman–Crippen MR) is 86.3 cm³/mol. The van der Waals surface area contributed by atoms with Gasteiger partial charge in [0.1, 0.15) is 0 Å². The first-order valence-electron chi connectivity index (χ1n) is 7.26. The van der Waals surface area contributed by atoms with Crippen LogP contribution in [0.4, 0.5) is 5.69 Å². The van der Waals surface area contributed by atoms with Crippen molar-refractivity contribution >= 4 is 24.0 Å². The number of benzene rings is 1. The molecule has 0 bridgehead atoms. The molecule has 1 amide bonds. The molecular formula is C16H25ClN2O. The maximum atomic E-state index is 12.4. The van der Waals surface area contributed by atoms with Gasteiger partial charge in [0.2, 0.25) is 5.91 Å². The number of para-hydroxylation sites is 1. The van der Waals surface area contributed by atoms with E-state index < -0.39 is 0 Å². The highest BCUT2D eigenvalue weighted by molar-refractivity contribution is 5.94. The fraction of sp³-hybridized carbons (Fsp3) is 0.562. The number of hydrogen-bond donors (Lipinski definition) is 2. The lowest BCUT2D eigenvalue weighted by Gasteiger charge is -2.19. The first kappa shape index (κ1) is 17.0. The molecule has 0 saturated heterocycles. The Kier molecular flexibility index (Phi) is 6.50. The lowest BCUT2D eigenvalue weighted by molar-refractivity contribution is -0.120. The summed E-state index contributed by atoms with van der Waals surface area (Å²) in [5, 5.41) is 3.14. The number of halogens is 1. The molecule has 1 aromatic carbocycles. The van der Waals surface area contributed by atoms with Crippen molar-refractivity contribution in [2.45, 2.75) is 39.5 Å². The molecule has 3 N–H and O–H groups in total. The lowest BCUT2D eigenvalue weighted by atomic mass is 9.95. The average Bonchev–Trinajstić information content (AvgIpc) is 2.89. The summed E-state index contributed by atoms with van der Waals surface area (Å²) in [5.41, 5.74) is 9.10. The number of aryl methyl sites for hydroxylation is 2. The van der Waals surface area contributed by atoms with E-state index in [1.54, 1.807) is 0 Å². The van der Waals surface area contributed by atoms with Crippen molar-refractivity contribution in [2.24, 2.45) is 17.6 Å². The van der Waals surface area contributed by atoms with Crippen LogP contribution in [0.5, 0.6) is 0 Å². The first-order chi connectivity index (χ1) is 9.17. The maximum absolute atomic E-state index is 12.4. The monoisotopic (exact) mass is 296 g/mol. The normalized spacial score (nSPS) is 21.4. The lowest BCUT2D eigenvalue weighted by Crippen LogP contribution is -2.30. The minimum Gasteiger partial charge on any atom is -0.330 e. The van der Waals surface area contributed by atoms with E-state index in [4.69, 9.17) is 5.73 Å². The van der Waals surface area contributed by atoms with Crippen molar-refractivity contribution in [1.82, 2.24) is 0 Å². The Morgan fingerprint density at radius 2 is 2.15 bits per heavy atom. The van der Waals surface area contributed by atoms with E-state index in [0.717, 1.165) is 36.9 Å². The molecule has 0 spiro atoms. The minimum absolute atomic E-state index is 0. The largest absolute Gasteiger partial charge is 0.330 e. The van der Waals surface area contributed by atoms with E-state index in [2.05, 4.69) is 18.3 Å². The van der Waals surface area contributed by atoms with Gasteiger partial charge in [-0.2, -0.15) is 0 Å². The van der Waals surface area contributed by atoms with E-state index in [0.29, 0.717) is 12.5 Å². The molecule has 112 valence electrons. The molecule has 0 heterocycles. The van der Waals surface area contributed by atoms with Gasteiger partial charge in [0.25, 0.3) is 0 Å². The van der Waals surface area contributed by atoms with Crippen LogP contribution in [0.3, 0.4) is 0 Å². The van der Waals surface area contributed by atoms with Crippen LogP contribution in [-0.2, 0) is 11.2 Å². The van der Waals surface area contributed by atoms with Crippen LogP contribution in [0.2, 0.25) is 0 Å². The number of nitrogens with one attached hydrogen (secondary N) is 1. The number of nitrogens with two attached hydrogens (primary N) is 1. The fourth-order valence-electron chi connectivity index (χ4n) is 3.08. The van der Waals surface area contributed by atoms with Gasteiger partial charge in [-0.15, -0.1) is 12.4 Å². The van der Waals surface area contributed by atoms with Crippen LogP contribution in [0.25, 0.3) is 0 Å². The zero-order valence-corrected chi connectivity index (χ0v) is 13.1. The smallest absolute Gasteiger partial charge is 0.227 e. The SMILES string of the molecule is CCc1cccc(C)c1NC(=O)[C@@H]1CCC[C@@H]1CN.Cl. The van der Waals surface area contributed by atoms with Crippen LogP contribution >= 0.6 is 12.4 Å². The van der Waals surface area contributed by atoms with Crippen molar-refractivity contribution < 1.29 is 4.79 Å². The second-order valence-corrected chi connectivity index (χ2v) is 5.49. The first-order valence-corrected chi connectivity index (χ1v) is 7.26. The molecule has 1 aromatic rings. The molecule has 3 nitrogen and oxygen atoms in total. The summed E-state index contributed by atoms with van der Waals surface area (Å²) < 4.78 is 0. The molecule has 1 fully saturated rings. The number of carbonyl (C=O) groups excluding carboxylic acids is 1. The number of amides is 1. The van der Waals surface area contributed by atoms with Crippen LogP contribution in [-0.4, -0.2) is 12.5 Å². The summed E-state index contributed by atoms with van der Waals surface area (Å²) in [6.07, 6.45) is 4.11. The highest BCUT2D eigenvalue weighted by Crippen LogP contribution is 2.32. The van der Waals surface area contributed by atoms with Crippen molar-refractivity contribution in [1.29, 1.82) is 0 Å². The standard InChI is InChI=1S/C16H24N2O.ClH/c1-3-12-7-4-6-11(2)15(12)18-16(19)14-9-5-8-13(14)10-17;/h4,6-7,13-14H,3,5,8-10,17H2,1-2H3,(H,18,19);1H/t13-,14-;/m1./s1. The van der Waals surface area contributed by atoms with Gasteiger partial charge in [-0.05, 0) is 49.8 Å². The third-order valence-corrected chi connectivity index (χ3v) is 4.29. The molecule has 1 aliphatic carbocycles. The highest BCUT2D eigenvalue weighted by Gasteiger charge is 2.32. The molecule has 4 heteroatoms. The number of hydrogen-bond acceptors (Lipinski definition) is 2. The van der Waals surface area contributed by atoms with Gasteiger partial charge in [0, 0.05) is 11.6 Å². The van der Waals surface area contributed by atoms with Crippen molar-refractivity contribution in [2.75, 3.05) is 11.9 Å². The molecule has 0 radical (unpaired) electrons. The van der Waals surface area contributed by atoms with Gasteiger partial charge in [-0.3, -0.25) is 4.79 Å². The summed E-state index contributed by atoms with van der Waals surface area (Å²) in [6, 6.07) is 6.17. The van der Waals surface area contributed by atoms with Crippen LogP contribution in [0.15, 0.2) is 18.2 Å². The van der Waals surface area contributed by atoms with Crippen LogP contribution in [0, 0.1) is 18.8 Å². The molecule has 20 heavy (non-hydrogen) atoms. The average molecular weight is 297 g/mol. The minimum atomic E-state index is 0. The van der Waals surface area contributed by atoms with E-state index in [1.165, 1.54) is 5.56 Å². The summed E-state index contributed by atoms with van der Waals surface area (Å²) >= 11 is 0. The third kappa shape index (κ3) is 3.53. The second kappa shape index (κ2) is 7.65. The van der Waals surface area contributed by atoms with Crippen molar-refractivity contribution in [3.63, 3.8) is 0 Å². The molecule has 2 rings (SSSR count). The summed E-state index contributed by atoms with van der Waals surface area (Å²) in [7, 11) is 0. The van der Waals surface area contributed by atoms with E-state index in [-0.39, 0.29) is 24.2 Å². The quantitative estimate of drug-likeness (QED) is 0.896. The second-order valence-electron chi connectivity index (χ2n) is 5.49.